The fourth-order valence-corrected chi connectivity index (χ4v) is 3.64. The summed E-state index contributed by atoms with van der Waals surface area (Å²) in [4.78, 5) is 45.1. The van der Waals surface area contributed by atoms with Crippen LogP contribution in [0.2, 0.25) is 0 Å². The van der Waals surface area contributed by atoms with Gasteiger partial charge in [0.05, 0.1) is 17.4 Å². The van der Waals surface area contributed by atoms with Gasteiger partial charge in [0.2, 0.25) is 11.8 Å². The van der Waals surface area contributed by atoms with Gasteiger partial charge in [-0.3, -0.25) is 14.4 Å². The summed E-state index contributed by atoms with van der Waals surface area (Å²) in [6.45, 7) is 2.26. The normalized spacial score (nSPS) is 13.8. The van der Waals surface area contributed by atoms with Gasteiger partial charge in [-0.05, 0) is 36.2 Å². The van der Waals surface area contributed by atoms with Crippen molar-refractivity contribution in [3.63, 3.8) is 0 Å². The highest BCUT2D eigenvalue weighted by Gasteiger charge is 2.16. The second-order valence-corrected chi connectivity index (χ2v) is 7.60. The molecule has 0 atom stereocenters. The van der Waals surface area contributed by atoms with E-state index >= 15 is 0 Å². The van der Waals surface area contributed by atoms with Gasteiger partial charge in [0.1, 0.15) is 5.82 Å². The van der Waals surface area contributed by atoms with Gasteiger partial charge >= 0.3 is 0 Å². The molecular formula is C23H25N5O3. The largest absolute Gasteiger partial charge is 0.360 e. The molecule has 1 aliphatic heterocycles. The van der Waals surface area contributed by atoms with Gasteiger partial charge in [-0.15, -0.1) is 0 Å². The first kappa shape index (κ1) is 20.6. The molecule has 0 aliphatic carbocycles. The van der Waals surface area contributed by atoms with Crippen molar-refractivity contribution in [2.24, 2.45) is 0 Å². The number of aromatic amines is 1. The summed E-state index contributed by atoms with van der Waals surface area (Å²) < 4.78 is 0. The van der Waals surface area contributed by atoms with E-state index in [0.717, 1.165) is 17.8 Å². The monoisotopic (exact) mass is 419 g/mol. The number of rotatable bonds is 7. The van der Waals surface area contributed by atoms with E-state index in [1.54, 1.807) is 6.07 Å². The number of amides is 2. The Morgan fingerprint density at radius 2 is 1.90 bits per heavy atom. The first-order chi connectivity index (χ1) is 15.1. The van der Waals surface area contributed by atoms with Gasteiger partial charge in [0.15, 0.2) is 0 Å². The van der Waals surface area contributed by atoms with Crippen LogP contribution in [0, 0.1) is 0 Å². The van der Waals surface area contributed by atoms with E-state index in [2.05, 4.69) is 20.6 Å². The molecule has 31 heavy (non-hydrogen) atoms. The number of fused-ring (bicyclic) bond motifs is 1. The van der Waals surface area contributed by atoms with Gasteiger partial charge in [0, 0.05) is 38.2 Å². The molecule has 1 aromatic heterocycles. The van der Waals surface area contributed by atoms with Crippen LogP contribution in [0.15, 0.2) is 53.3 Å². The maximum absolute atomic E-state index is 12.2. The highest BCUT2D eigenvalue weighted by atomic mass is 16.2. The lowest BCUT2D eigenvalue weighted by atomic mass is 10.1. The van der Waals surface area contributed by atoms with Crippen molar-refractivity contribution >= 4 is 28.4 Å². The topological polar surface area (TPSA) is 107 Å². The molecule has 2 heterocycles. The van der Waals surface area contributed by atoms with Gasteiger partial charge < -0.3 is 20.5 Å². The summed E-state index contributed by atoms with van der Waals surface area (Å²) >= 11 is 0. The number of carbonyl (C=O) groups excluding carboxylic acids is 2. The van der Waals surface area contributed by atoms with Crippen molar-refractivity contribution in [1.82, 2.24) is 20.6 Å². The second-order valence-electron chi connectivity index (χ2n) is 7.60. The number of para-hydroxylation sites is 1. The van der Waals surface area contributed by atoms with Crippen LogP contribution in [-0.2, 0) is 22.6 Å². The summed E-state index contributed by atoms with van der Waals surface area (Å²) in [5.41, 5.74) is 2.51. The van der Waals surface area contributed by atoms with Crippen LogP contribution in [0.5, 0.6) is 0 Å². The van der Waals surface area contributed by atoms with E-state index in [4.69, 9.17) is 0 Å². The number of piperazine rings is 1. The van der Waals surface area contributed by atoms with Crippen LogP contribution in [0.4, 0.5) is 5.69 Å². The SMILES string of the molecule is O=C(CCCc1nc2ccccc2c(=O)[nH]1)NCc1ccc(N2CCNC(=O)C2)cc1. The van der Waals surface area contributed by atoms with Crippen molar-refractivity contribution in [2.45, 2.75) is 25.8 Å². The molecule has 0 bridgehead atoms. The third-order valence-electron chi connectivity index (χ3n) is 5.31. The molecule has 8 nitrogen and oxygen atoms in total. The first-order valence-corrected chi connectivity index (χ1v) is 10.4. The highest BCUT2D eigenvalue weighted by molar-refractivity contribution is 5.82. The van der Waals surface area contributed by atoms with Crippen molar-refractivity contribution in [3.8, 4) is 0 Å². The Bertz CT molecular complexity index is 1140. The third kappa shape index (κ3) is 5.28. The number of hydrogen-bond acceptors (Lipinski definition) is 5. The molecule has 1 saturated heterocycles. The third-order valence-corrected chi connectivity index (χ3v) is 5.31. The van der Waals surface area contributed by atoms with E-state index in [1.807, 2.05) is 47.4 Å². The molecule has 3 aromatic rings. The second kappa shape index (κ2) is 9.42. The molecule has 4 rings (SSSR count). The van der Waals surface area contributed by atoms with Crippen LogP contribution < -0.4 is 21.1 Å². The number of carbonyl (C=O) groups is 2. The summed E-state index contributed by atoms with van der Waals surface area (Å²) in [6.07, 6.45) is 1.49. The average Bonchev–Trinajstić information content (AvgIpc) is 2.78. The molecule has 1 fully saturated rings. The van der Waals surface area contributed by atoms with Crippen LogP contribution in [-0.4, -0.2) is 41.4 Å². The van der Waals surface area contributed by atoms with Gasteiger partial charge in [0.25, 0.3) is 5.56 Å². The quantitative estimate of drug-likeness (QED) is 0.538. The minimum absolute atomic E-state index is 0.0329. The molecule has 2 aromatic carbocycles. The molecule has 0 saturated carbocycles. The molecule has 0 unspecified atom stereocenters. The number of aromatic nitrogens is 2. The van der Waals surface area contributed by atoms with E-state index < -0.39 is 0 Å². The van der Waals surface area contributed by atoms with Crippen LogP contribution in [0.25, 0.3) is 10.9 Å². The molecule has 2 amide bonds. The first-order valence-electron chi connectivity index (χ1n) is 10.4. The smallest absolute Gasteiger partial charge is 0.258 e. The van der Waals surface area contributed by atoms with Crippen LogP contribution in [0.3, 0.4) is 0 Å². The standard InChI is InChI=1S/C23H25N5O3/c29-21(7-3-6-20-26-19-5-2-1-4-18(19)23(31)27-20)25-14-16-8-10-17(11-9-16)28-13-12-24-22(30)15-28/h1-2,4-5,8-11H,3,6-7,12-15H2,(H,24,30)(H,25,29)(H,26,27,31). The number of H-pyrrole nitrogens is 1. The van der Waals surface area contributed by atoms with E-state index in [9.17, 15) is 14.4 Å². The van der Waals surface area contributed by atoms with E-state index in [1.165, 1.54) is 0 Å². The van der Waals surface area contributed by atoms with Gasteiger partial charge in [-0.1, -0.05) is 24.3 Å². The molecular weight excluding hydrogens is 394 g/mol. The van der Waals surface area contributed by atoms with Crippen molar-refractivity contribution in [2.75, 3.05) is 24.5 Å². The number of benzene rings is 2. The maximum Gasteiger partial charge on any atom is 0.258 e. The highest BCUT2D eigenvalue weighted by Crippen LogP contribution is 2.16. The van der Waals surface area contributed by atoms with Crippen molar-refractivity contribution in [1.29, 1.82) is 0 Å². The van der Waals surface area contributed by atoms with E-state index in [0.29, 0.717) is 55.6 Å². The molecule has 0 spiro atoms. The fraction of sp³-hybridized carbons (Fsp3) is 0.304. The number of anilines is 1. The number of hydrogen-bond donors (Lipinski definition) is 3. The zero-order valence-corrected chi connectivity index (χ0v) is 17.2. The lowest BCUT2D eigenvalue weighted by Crippen LogP contribution is -2.47. The number of nitrogens with zero attached hydrogens (tertiary/aromatic N) is 2. The number of aryl methyl sites for hydroxylation is 1. The Balaban J connectivity index is 1.23. The fourth-order valence-electron chi connectivity index (χ4n) is 3.64. The summed E-state index contributed by atoms with van der Waals surface area (Å²) in [5, 5.41) is 6.31. The van der Waals surface area contributed by atoms with Gasteiger partial charge in [-0.25, -0.2) is 4.98 Å². The van der Waals surface area contributed by atoms with E-state index in [-0.39, 0.29) is 17.4 Å². The Morgan fingerprint density at radius 1 is 1.10 bits per heavy atom. The Labute approximate surface area is 179 Å². The maximum atomic E-state index is 12.2. The lowest BCUT2D eigenvalue weighted by Gasteiger charge is -2.28. The Kier molecular flexibility index (Phi) is 6.26. The lowest BCUT2D eigenvalue weighted by molar-refractivity contribution is -0.121. The minimum Gasteiger partial charge on any atom is -0.360 e. The summed E-state index contributed by atoms with van der Waals surface area (Å²) in [5.74, 6) is 0.587. The zero-order valence-electron chi connectivity index (χ0n) is 17.2. The zero-order chi connectivity index (χ0) is 21.6. The van der Waals surface area contributed by atoms with Crippen molar-refractivity contribution < 1.29 is 9.59 Å². The predicted molar refractivity (Wildman–Crippen MR) is 119 cm³/mol. The van der Waals surface area contributed by atoms with Crippen LogP contribution in [0.1, 0.15) is 24.2 Å². The predicted octanol–water partition coefficient (Wildman–Crippen LogP) is 1.50. The number of nitrogens with one attached hydrogen (secondary N) is 3. The molecule has 3 N–H and O–H groups in total. The minimum atomic E-state index is -0.154. The van der Waals surface area contributed by atoms with Crippen molar-refractivity contribution in [3.05, 3.63) is 70.3 Å². The molecule has 160 valence electrons. The molecule has 1 aliphatic rings. The Hall–Kier alpha value is -3.68. The summed E-state index contributed by atoms with van der Waals surface area (Å²) in [6, 6.07) is 15.1. The average molecular weight is 419 g/mol. The van der Waals surface area contributed by atoms with Gasteiger partial charge in [-0.2, -0.15) is 0 Å². The summed E-state index contributed by atoms with van der Waals surface area (Å²) in [7, 11) is 0. The molecule has 0 radical (unpaired) electrons. The molecule has 8 heteroatoms. The van der Waals surface area contributed by atoms with Crippen LogP contribution >= 0.6 is 0 Å². The Morgan fingerprint density at radius 3 is 2.71 bits per heavy atom.